The molecule has 0 aliphatic carbocycles. The van der Waals surface area contributed by atoms with Crippen LogP contribution >= 0.6 is 23.2 Å². The molecule has 0 bridgehead atoms. The minimum absolute atomic E-state index is 0.145. The number of hydrogen-bond acceptors (Lipinski definition) is 4. The van der Waals surface area contributed by atoms with Crippen LogP contribution in [-0.2, 0) is 14.4 Å². The van der Waals surface area contributed by atoms with Gasteiger partial charge in [-0.3, -0.25) is 14.4 Å². The standard InChI is InChI=1S/C18H23Cl2N3O4/c19-12-5-6-15(13(20)11-12)27-10-2-4-16(24)22-8-7-17(25)23-9-1-3-14(23)18(21)26/h5-6,11,14H,1-4,7-10H2,(H2,21,26)(H,22,24). The molecule has 1 aromatic carbocycles. The molecule has 1 saturated heterocycles. The maximum atomic E-state index is 12.1. The van der Waals surface area contributed by atoms with Crippen molar-refractivity contribution in [1.82, 2.24) is 10.2 Å². The number of hydrogen-bond donors (Lipinski definition) is 2. The van der Waals surface area contributed by atoms with E-state index in [2.05, 4.69) is 5.32 Å². The van der Waals surface area contributed by atoms with Gasteiger partial charge in [-0.15, -0.1) is 0 Å². The molecule has 2 rings (SSSR count). The molecule has 7 nitrogen and oxygen atoms in total. The fourth-order valence-electron chi connectivity index (χ4n) is 2.91. The summed E-state index contributed by atoms with van der Waals surface area (Å²) in [7, 11) is 0. The summed E-state index contributed by atoms with van der Waals surface area (Å²) < 4.78 is 5.51. The third-order valence-electron chi connectivity index (χ3n) is 4.26. The molecule has 148 valence electrons. The second kappa shape index (κ2) is 10.4. The van der Waals surface area contributed by atoms with Crippen LogP contribution < -0.4 is 15.8 Å². The van der Waals surface area contributed by atoms with Gasteiger partial charge in [-0.2, -0.15) is 0 Å². The Morgan fingerprint density at radius 1 is 1.26 bits per heavy atom. The molecule has 1 heterocycles. The minimum atomic E-state index is -0.523. The van der Waals surface area contributed by atoms with E-state index in [-0.39, 0.29) is 31.2 Å². The van der Waals surface area contributed by atoms with Gasteiger partial charge in [0, 0.05) is 31.0 Å². The van der Waals surface area contributed by atoms with E-state index < -0.39 is 11.9 Å². The van der Waals surface area contributed by atoms with Crippen LogP contribution in [0.2, 0.25) is 10.0 Å². The van der Waals surface area contributed by atoms with E-state index >= 15 is 0 Å². The van der Waals surface area contributed by atoms with E-state index in [9.17, 15) is 14.4 Å². The maximum Gasteiger partial charge on any atom is 0.240 e. The molecule has 1 unspecified atom stereocenters. The van der Waals surface area contributed by atoms with E-state index in [1.807, 2.05) is 0 Å². The van der Waals surface area contributed by atoms with Crippen LogP contribution in [0, 0.1) is 0 Å². The zero-order valence-corrected chi connectivity index (χ0v) is 16.4. The Morgan fingerprint density at radius 2 is 2.04 bits per heavy atom. The first-order valence-corrected chi connectivity index (χ1v) is 9.57. The summed E-state index contributed by atoms with van der Waals surface area (Å²) in [6.07, 6.45) is 2.29. The number of benzene rings is 1. The van der Waals surface area contributed by atoms with Gasteiger partial charge in [0.05, 0.1) is 11.6 Å². The van der Waals surface area contributed by atoms with Gasteiger partial charge in [0.2, 0.25) is 17.7 Å². The van der Waals surface area contributed by atoms with Crippen LogP contribution in [0.1, 0.15) is 32.1 Å². The number of rotatable bonds is 9. The van der Waals surface area contributed by atoms with Crippen molar-refractivity contribution < 1.29 is 19.1 Å². The molecule has 1 aliphatic heterocycles. The number of nitrogens with two attached hydrogens (primary N) is 1. The van der Waals surface area contributed by atoms with Gasteiger partial charge in [-0.1, -0.05) is 23.2 Å². The first-order chi connectivity index (χ1) is 12.9. The number of likely N-dealkylation sites (tertiary alicyclic amines) is 1. The predicted octanol–water partition coefficient (Wildman–Crippen LogP) is 2.13. The molecule has 1 atom stereocenters. The molecule has 1 aromatic rings. The van der Waals surface area contributed by atoms with E-state index in [1.165, 1.54) is 4.90 Å². The third kappa shape index (κ3) is 6.59. The molecular weight excluding hydrogens is 393 g/mol. The van der Waals surface area contributed by atoms with Gasteiger partial charge in [-0.25, -0.2) is 0 Å². The van der Waals surface area contributed by atoms with Gasteiger partial charge in [0.15, 0.2) is 0 Å². The SMILES string of the molecule is NC(=O)C1CCCN1C(=O)CCNC(=O)CCCOc1ccc(Cl)cc1Cl. The molecular formula is C18H23Cl2N3O4. The molecule has 0 radical (unpaired) electrons. The topological polar surface area (TPSA) is 102 Å². The zero-order chi connectivity index (χ0) is 19.8. The number of nitrogens with one attached hydrogen (secondary N) is 1. The van der Waals surface area contributed by atoms with E-state index in [4.69, 9.17) is 33.7 Å². The van der Waals surface area contributed by atoms with Crippen LogP contribution in [0.25, 0.3) is 0 Å². The van der Waals surface area contributed by atoms with Gasteiger partial charge >= 0.3 is 0 Å². The van der Waals surface area contributed by atoms with Crippen molar-refractivity contribution >= 4 is 40.9 Å². The van der Waals surface area contributed by atoms with Crippen LogP contribution in [0.3, 0.4) is 0 Å². The zero-order valence-electron chi connectivity index (χ0n) is 14.9. The Labute approximate surface area is 168 Å². The second-order valence-electron chi connectivity index (χ2n) is 6.27. The summed E-state index contributed by atoms with van der Waals surface area (Å²) in [5, 5.41) is 3.64. The first-order valence-electron chi connectivity index (χ1n) is 8.82. The molecule has 0 aromatic heterocycles. The number of carbonyl (C=O) groups is 3. The molecule has 1 fully saturated rings. The Balaban J connectivity index is 1.61. The summed E-state index contributed by atoms with van der Waals surface area (Å²) in [5.74, 6) is -0.300. The molecule has 1 aliphatic rings. The lowest BCUT2D eigenvalue weighted by Crippen LogP contribution is -2.44. The number of ether oxygens (including phenoxy) is 1. The quantitative estimate of drug-likeness (QED) is 0.602. The van der Waals surface area contributed by atoms with Crippen LogP contribution in [0.5, 0.6) is 5.75 Å². The molecule has 3 N–H and O–H groups in total. The smallest absolute Gasteiger partial charge is 0.240 e. The molecule has 3 amide bonds. The van der Waals surface area contributed by atoms with Crippen molar-refractivity contribution in [2.45, 2.75) is 38.1 Å². The lowest BCUT2D eigenvalue weighted by Gasteiger charge is -2.22. The summed E-state index contributed by atoms with van der Waals surface area (Å²) >= 11 is 11.8. The Bertz CT molecular complexity index is 699. The van der Waals surface area contributed by atoms with Crippen LogP contribution in [-0.4, -0.2) is 48.4 Å². The van der Waals surface area contributed by atoms with Crippen molar-refractivity contribution in [3.63, 3.8) is 0 Å². The fourth-order valence-corrected chi connectivity index (χ4v) is 3.37. The number of primary amides is 1. The lowest BCUT2D eigenvalue weighted by molar-refractivity contribution is -0.137. The van der Waals surface area contributed by atoms with Gasteiger partial charge < -0.3 is 20.7 Å². The van der Waals surface area contributed by atoms with Gasteiger partial charge in [0.1, 0.15) is 11.8 Å². The van der Waals surface area contributed by atoms with Crippen molar-refractivity contribution in [2.75, 3.05) is 19.7 Å². The van der Waals surface area contributed by atoms with Crippen molar-refractivity contribution in [1.29, 1.82) is 0 Å². The van der Waals surface area contributed by atoms with Gasteiger partial charge in [-0.05, 0) is 37.5 Å². The first kappa shape index (κ1) is 21.3. The van der Waals surface area contributed by atoms with Crippen molar-refractivity contribution in [3.05, 3.63) is 28.2 Å². The minimum Gasteiger partial charge on any atom is -0.492 e. The second-order valence-corrected chi connectivity index (χ2v) is 7.12. The van der Waals surface area contributed by atoms with E-state index in [0.29, 0.717) is 41.8 Å². The van der Waals surface area contributed by atoms with Crippen LogP contribution in [0.15, 0.2) is 18.2 Å². The highest BCUT2D eigenvalue weighted by atomic mass is 35.5. The third-order valence-corrected chi connectivity index (χ3v) is 4.79. The lowest BCUT2D eigenvalue weighted by atomic mass is 10.2. The summed E-state index contributed by atoms with van der Waals surface area (Å²) in [6, 6.07) is 4.42. The highest BCUT2D eigenvalue weighted by Gasteiger charge is 2.32. The predicted molar refractivity (Wildman–Crippen MR) is 103 cm³/mol. The number of nitrogens with zero attached hydrogens (tertiary/aromatic N) is 1. The van der Waals surface area contributed by atoms with Gasteiger partial charge in [0.25, 0.3) is 0 Å². The van der Waals surface area contributed by atoms with Crippen LogP contribution in [0.4, 0.5) is 0 Å². The van der Waals surface area contributed by atoms with E-state index in [0.717, 1.165) is 6.42 Å². The number of halogens is 2. The largest absolute Gasteiger partial charge is 0.492 e. The van der Waals surface area contributed by atoms with E-state index in [1.54, 1.807) is 18.2 Å². The summed E-state index contributed by atoms with van der Waals surface area (Å²) in [5.41, 5.74) is 5.30. The number of carbonyl (C=O) groups excluding carboxylic acids is 3. The Morgan fingerprint density at radius 3 is 2.74 bits per heavy atom. The highest BCUT2D eigenvalue weighted by Crippen LogP contribution is 2.27. The summed E-state index contributed by atoms with van der Waals surface area (Å²) in [4.78, 5) is 36.8. The summed E-state index contributed by atoms with van der Waals surface area (Å²) in [6.45, 7) is 1.09. The van der Waals surface area contributed by atoms with Crippen molar-refractivity contribution in [2.24, 2.45) is 5.73 Å². The molecule has 0 spiro atoms. The maximum absolute atomic E-state index is 12.1. The Hall–Kier alpha value is -1.99. The highest BCUT2D eigenvalue weighted by molar-refractivity contribution is 6.35. The molecule has 0 saturated carbocycles. The normalized spacial score (nSPS) is 16.2. The fraction of sp³-hybridized carbons (Fsp3) is 0.500. The monoisotopic (exact) mass is 415 g/mol. The molecule has 27 heavy (non-hydrogen) atoms. The average molecular weight is 416 g/mol. The Kier molecular flexibility index (Phi) is 8.19. The van der Waals surface area contributed by atoms with Crippen molar-refractivity contribution in [3.8, 4) is 5.75 Å². The molecule has 9 heteroatoms. The number of amides is 3. The average Bonchev–Trinajstić information content (AvgIpc) is 3.10.